The fraction of sp³-hybridized carbons (Fsp3) is 0.267. The maximum atomic E-state index is 4.29. The first-order valence-corrected chi connectivity index (χ1v) is 5.96. The minimum atomic E-state index is 0.939. The van der Waals surface area contributed by atoms with Crippen LogP contribution < -0.4 is 5.32 Å². The number of aryl methyl sites for hydroxylation is 2. The second kappa shape index (κ2) is 5.48. The van der Waals surface area contributed by atoms with Crippen molar-refractivity contribution in [2.24, 2.45) is 0 Å². The van der Waals surface area contributed by atoms with Gasteiger partial charge in [0.1, 0.15) is 0 Å². The lowest BCUT2D eigenvalue weighted by molar-refractivity contribution is 0.997. The predicted molar refractivity (Wildman–Crippen MR) is 72.3 cm³/mol. The molecule has 0 aliphatic carbocycles. The third kappa shape index (κ3) is 3.59. The van der Waals surface area contributed by atoms with Gasteiger partial charge in [0, 0.05) is 24.1 Å². The van der Waals surface area contributed by atoms with Gasteiger partial charge in [-0.15, -0.1) is 0 Å². The first kappa shape index (κ1) is 11.6. The smallest absolute Gasteiger partial charge is 0.0372 e. The highest BCUT2D eigenvalue weighted by molar-refractivity contribution is 5.45. The van der Waals surface area contributed by atoms with Gasteiger partial charge in [0.25, 0.3) is 0 Å². The van der Waals surface area contributed by atoms with E-state index in [4.69, 9.17) is 0 Å². The third-order valence-corrected chi connectivity index (χ3v) is 2.73. The number of nitrogens with one attached hydrogen (secondary N) is 1. The standard InChI is InChI=1S/C15H18N2/c1-12-4-3-5-15(10-12)16-9-8-14-7-6-13(2)17-11-14/h3-7,10-11,16H,8-9H2,1-2H3. The Labute approximate surface area is 103 Å². The number of nitrogens with zero attached hydrogens (tertiary/aromatic N) is 1. The van der Waals surface area contributed by atoms with Crippen molar-refractivity contribution in [3.8, 4) is 0 Å². The first-order chi connectivity index (χ1) is 8.24. The summed E-state index contributed by atoms with van der Waals surface area (Å²) in [5, 5.41) is 3.42. The predicted octanol–water partition coefficient (Wildman–Crippen LogP) is 3.35. The minimum absolute atomic E-state index is 0.939. The molecular weight excluding hydrogens is 208 g/mol. The molecule has 88 valence electrons. The van der Waals surface area contributed by atoms with Crippen LogP contribution in [0.4, 0.5) is 5.69 Å². The molecule has 0 saturated heterocycles. The van der Waals surface area contributed by atoms with E-state index in [0.29, 0.717) is 0 Å². The Balaban J connectivity index is 1.85. The van der Waals surface area contributed by atoms with E-state index in [1.807, 2.05) is 13.1 Å². The summed E-state index contributed by atoms with van der Waals surface area (Å²) in [5.74, 6) is 0. The average Bonchev–Trinajstić information content (AvgIpc) is 2.32. The molecule has 0 spiro atoms. The zero-order valence-corrected chi connectivity index (χ0v) is 10.4. The minimum Gasteiger partial charge on any atom is -0.385 e. The van der Waals surface area contributed by atoms with Crippen molar-refractivity contribution in [1.29, 1.82) is 0 Å². The molecular formula is C15H18N2. The van der Waals surface area contributed by atoms with Crippen molar-refractivity contribution in [1.82, 2.24) is 4.98 Å². The van der Waals surface area contributed by atoms with E-state index >= 15 is 0 Å². The van der Waals surface area contributed by atoms with Gasteiger partial charge in [0.2, 0.25) is 0 Å². The summed E-state index contributed by atoms with van der Waals surface area (Å²) < 4.78 is 0. The molecule has 0 fully saturated rings. The van der Waals surface area contributed by atoms with Gasteiger partial charge in [-0.1, -0.05) is 18.2 Å². The fourth-order valence-corrected chi connectivity index (χ4v) is 1.75. The molecule has 2 rings (SSSR count). The highest BCUT2D eigenvalue weighted by atomic mass is 14.9. The van der Waals surface area contributed by atoms with Gasteiger partial charge < -0.3 is 5.32 Å². The number of pyridine rings is 1. The van der Waals surface area contributed by atoms with Crippen molar-refractivity contribution < 1.29 is 0 Å². The second-order valence-electron chi connectivity index (χ2n) is 4.35. The SMILES string of the molecule is Cc1cccc(NCCc2ccc(C)nc2)c1. The van der Waals surface area contributed by atoms with Crippen molar-refractivity contribution in [2.45, 2.75) is 20.3 Å². The van der Waals surface area contributed by atoms with Crippen LogP contribution in [0.1, 0.15) is 16.8 Å². The summed E-state index contributed by atoms with van der Waals surface area (Å²) in [6.45, 7) is 5.05. The van der Waals surface area contributed by atoms with Gasteiger partial charge >= 0.3 is 0 Å². The molecule has 1 aromatic heterocycles. The van der Waals surface area contributed by atoms with Crippen LogP contribution in [0.25, 0.3) is 0 Å². The monoisotopic (exact) mass is 226 g/mol. The van der Waals surface area contributed by atoms with Crippen LogP contribution in [0.15, 0.2) is 42.6 Å². The van der Waals surface area contributed by atoms with Gasteiger partial charge in [0.15, 0.2) is 0 Å². The summed E-state index contributed by atoms with van der Waals surface area (Å²) in [5.41, 5.74) is 4.81. The fourth-order valence-electron chi connectivity index (χ4n) is 1.75. The molecule has 0 amide bonds. The summed E-state index contributed by atoms with van der Waals surface area (Å²) in [4.78, 5) is 4.29. The molecule has 0 saturated carbocycles. The van der Waals surface area contributed by atoms with Crippen LogP contribution in [0.2, 0.25) is 0 Å². The van der Waals surface area contributed by atoms with Gasteiger partial charge in [-0.25, -0.2) is 0 Å². The van der Waals surface area contributed by atoms with E-state index in [9.17, 15) is 0 Å². The molecule has 1 N–H and O–H groups in total. The average molecular weight is 226 g/mol. The Morgan fingerprint density at radius 2 is 2.00 bits per heavy atom. The van der Waals surface area contributed by atoms with E-state index in [-0.39, 0.29) is 0 Å². The third-order valence-electron chi connectivity index (χ3n) is 2.73. The van der Waals surface area contributed by atoms with Crippen molar-refractivity contribution in [3.63, 3.8) is 0 Å². The molecule has 0 radical (unpaired) electrons. The molecule has 17 heavy (non-hydrogen) atoms. The van der Waals surface area contributed by atoms with Gasteiger partial charge in [-0.05, 0) is 49.6 Å². The molecule has 0 aliphatic rings. The lowest BCUT2D eigenvalue weighted by Crippen LogP contribution is -2.05. The largest absolute Gasteiger partial charge is 0.385 e. The van der Waals surface area contributed by atoms with E-state index in [1.54, 1.807) is 0 Å². The van der Waals surface area contributed by atoms with Gasteiger partial charge in [-0.2, -0.15) is 0 Å². The zero-order chi connectivity index (χ0) is 12.1. The zero-order valence-electron chi connectivity index (χ0n) is 10.4. The summed E-state index contributed by atoms with van der Waals surface area (Å²) in [7, 11) is 0. The Morgan fingerprint density at radius 3 is 2.71 bits per heavy atom. The number of rotatable bonds is 4. The first-order valence-electron chi connectivity index (χ1n) is 5.96. The van der Waals surface area contributed by atoms with Crippen LogP contribution in [0.5, 0.6) is 0 Å². The topological polar surface area (TPSA) is 24.9 Å². The van der Waals surface area contributed by atoms with E-state index in [2.05, 4.69) is 53.6 Å². The lowest BCUT2D eigenvalue weighted by atomic mass is 10.2. The summed E-state index contributed by atoms with van der Waals surface area (Å²) in [6, 6.07) is 12.6. The molecule has 0 aliphatic heterocycles. The molecule has 0 atom stereocenters. The highest BCUT2D eigenvalue weighted by Gasteiger charge is 1.95. The second-order valence-corrected chi connectivity index (χ2v) is 4.35. The van der Waals surface area contributed by atoms with E-state index < -0.39 is 0 Å². The van der Waals surface area contributed by atoms with Crippen LogP contribution >= 0.6 is 0 Å². The summed E-state index contributed by atoms with van der Waals surface area (Å²) in [6.07, 6.45) is 2.95. The molecule has 1 heterocycles. The number of benzene rings is 1. The van der Waals surface area contributed by atoms with Crippen molar-refractivity contribution in [3.05, 3.63) is 59.4 Å². The Bertz CT molecular complexity index is 475. The highest BCUT2D eigenvalue weighted by Crippen LogP contribution is 2.09. The van der Waals surface area contributed by atoms with Gasteiger partial charge in [-0.3, -0.25) is 4.98 Å². The van der Waals surface area contributed by atoms with Crippen molar-refractivity contribution in [2.75, 3.05) is 11.9 Å². The molecule has 0 bridgehead atoms. The number of anilines is 1. The van der Waals surface area contributed by atoms with E-state index in [0.717, 1.165) is 18.7 Å². The Hall–Kier alpha value is -1.83. The van der Waals surface area contributed by atoms with Crippen molar-refractivity contribution >= 4 is 5.69 Å². The Kier molecular flexibility index (Phi) is 3.76. The van der Waals surface area contributed by atoms with Crippen LogP contribution in [-0.2, 0) is 6.42 Å². The van der Waals surface area contributed by atoms with Gasteiger partial charge in [0.05, 0.1) is 0 Å². The van der Waals surface area contributed by atoms with Crippen LogP contribution in [-0.4, -0.2) is 11.5 Å². The molecule has 2 nitrogen and oxygen atoms in total. The van der Waals surface area contributed by atoms with Crippen LogP contribution in [0, 0.1) is 13.8 Å². The maximum Gasteiger partial charge on any atom is 0.0372 e. The number of hydrogen-bond donors (Lipinski definition) is 1. The molecule has 0 unspecified atom stereocenters. The number of hydrogen-bond acceptors (Lipinski definition) is 2. The lowest BCUT2D eigenvalue weighted by Gasteiger charge is -2.07. The van der Waals surface area contributed by atoms with E-state index in [1.165, 1.54) is 16.8 Å². The summed E-state index contributed by atoms with van der Waals surface area (Å²) >= 11 is 0. The number of aromatic nitrogens is 1. The molecule has 2 heteroatoms. The molecule has 2 aromatic rings. The Morgan fingerprint density at radius 1 is 1.12 bits per heavy atom. The molecule has 1 aromatic carbocycles. The van der Waals surface area contributed by atoms with Crippen LogP contribution in [0.3, 0.4) is 0 Å². The quantitative estimate of drug-likeness (QED) is 0.864. The maximum absolute atomic E-state index is 4.29. The normalized spacial score (nSPS) is 10.2.